The highest BCUT2D eigenvalue weighted by atomic mass is 32.2. The number of alkyl carbamates (subject to hydrolysis) is 1. The van der Waals surface area contributed by atoms with Crippen LogP contribution in [-0.4, -0.2) is 24.8 Å². The summed E-state index contributed by atoms with van der Waals surface area (Å²) < 4.78 is 11.2. The van der Waals surface area contributed by atoms with Crippen molar-refractivity contribution in [1.82, 2.24) is 5.32 Å². The number of fused-ring (bicyclic) bond motifs is 1. The molecule has 144 valence electrons. The number of benzene rings is 2. The fourth-order valence-electron chi connectivity index (χ4n) is 3.04. The molecule has 1 atom stereocenters. The molecule has 1 unspecified atom stereocenters. The van der Waals surface area contributed by atoms with E-state index < -0.39 is 5.60 Å². The van der Waals surface area contributed by atoms with Gasteiger partial charge in [0.05, 0.1) is 6.61 Å². The van der Waals surface area contributed by atoms with E-state index in [1.807, 2.05) is 20.8 Å². The van der Waals surface area contributed by atoms with Gasteiger partial charge in [-0.15, -0.1) is 0 Å². The number of carbonyl (C=O) groups is 1. The maximum Gasteiger partial charge on any atom is 0.407 e. The summed E-state index contributed by atoms with van der Waals surface area (Å²) in [6.07, 6.45) is 0.509. The number of hydrogen-bond acceptors (Lipinski definition) is 4. The smallest absolute Gasteiger partial charge is 0.407 e. The van der Waals surface area contributed by atoms with Gasteiger partial charge in [-0.1, -0.05) is 36.0 Å². The fraction of sp³-hybridized carbons (Fsp3) is 0.409. The van der Waals surface area contributed by atoms with E-state index in [2.05, 4.69) is 54.7 Å². The number of aryl methyl sites for hydroxylation is 1. The van der Waals surface area contributed by atoms with Gasteiger partial charge in [0, 0.05) is 22.3 Å². The first-order valence-electron chi connectivity index (χ1n) is 9.29. The van der Waals surface area contributed by atoms with Gasteiger partial charge in [0.15, 0.2) is 0 Å². The molecule has 1 amide bonds. The zero-order valence-electron chi connectivity index (χ0n) is 16.4. The monoisotopic (exact) mass is 385 g/mol. The lowest BCUT2D eigenvalue weighted by Crippen LogP contribution is -2.35. The van der Waals surface area contributed by atoms with Crippen LogP contribution in [0.2, 0.25) is 0 Å². The molecule has 4 nitrogen and oxygen atoms in total. The molecule has 0 saturated carbocycles. The third-order valence-electron chi connectivity index (χ3n) is 4.36. The van der Waals surface area contributed by atoms with Crippen LogP contribution in [0.5, 0.6) is 5.75 Å². The van der Waals surface area contributed by atoms with Crippen molar-refractivity contribution in [2.24, 2.45) is 0 Å². The van der Waals surface area contributed by atoms with Crippen molar-refractivity contribution >= 4 is 17.9 Å². The summed E-state index contributed by atoms with van der Waals surface area (Å²) in [5, 5.41) is 2.89. The van der Waals surface area contributed by atoms with Crippen LogP contribution in [0.15, 0.2) is 52.3 Å². The molecular formula is C22H27NO3S. The molecule has 3 rings (SSSR count). The topological polar surface area (TPSA) is 47.6 Å². The Hall–Kier alpha value is -2.14. The van der Waals surface area contributed by atoms with Gasteiger partial charge in [-0.25, -0.2) is 4.79 Å². The third kappa shape index (κ3) is 5.42. The van der Waals surface area contributed by atoms with Crippen molar-refractivity contribution in [1.29, 1.82) is 0 Å². The maximum atomic E-state index is 11.9. The van der Waals surface area contributed by atoms with E-state index in [4.69, 9.17) is 9.47 Å². The second-order valence-electron chi connectivity index (χ2n) is 7.78. The van der Waals surface area contributed by atoms with Crippen LogP contribution in [0.25, 0.3) is 0 Å². The molecule has 2 aromatic rings. The van der Waals surface area contributed by atoms with Crippen molar-refractivity contribution in [2.75, 3.05) is 13.2 Å². The maximum absolute atomic E-state index is 11.9. The van der Waals surface area contributed by atoms with E-state index in [0.29, 0.717) is 13.2 Å². The summed E-state index contributed by atoms with van der Waals surface area (Å²) >= 11 is 1.74. The Labute approximate surface area is 165 Å². The summed E-state index contributed by atoms with van der Waals surface area (Å²) in [6, 6.07) is 14.7. The second-order valence-corrected chi connectivity index (χ2v) is 8.90. The Balaban J connectivity index is 1.68. The van der Waals surface area contributed by atoms with E-state index in [1.54, 1.807) is 11.8 Å². The summed E-state index contributed by atoms with van der Waals surface area (Å²) in [6.45, 7) is 8.93. The van der Waals surface area contributed by atoms with Crippen molar-refractivity contribution in [2.45, 2.75) is 55.4 Å². The molecule has 0 spiro atoms. The standard InChI is InChI=1S/C22H27NO3S/c1-15-7-5-6-8-20(15)27-17-9-10-18-16(11-12-25-19(18)13-17)14-23-21(24)26-22(2,3)4/h5-10,13,16H,11-12,14H2,1-4H3,(H,23,24). The molecular weight excluding hydrogens is 358 g/mol. The Bertz CT molecular complexity index is 813. The van der Waals surface area contributed by atoms with Crippen LogP contribution < -0.4 is 10.1 Å². The fourth-order valence-corrected chi connectivity index (χ4v) is 3.97. The molecule has 1 aliphatic rings. The van der Waals surface area contributed by atoms with E-state index >= 15 is 0 Å². The van der Waals surface area contributed by atoms with Crippen molar-refractivity contribution in [3.05, 3.63) is 53.6 Å². The van der Waals surface area contributed by atoms with Crippen molar-refractivity contribution in [3.8, 4) is 5.75 Å². The molecule has 2 aromatic carbocycles. The highest BCUT2D eigenvalue weighted by Gasteiger charge is 2.24. The van der Waals surface area contributed by atoms with Crippen LogP contribution in [0.4, 0.5) is 4.79 Å². The summed E-state index contributed by atoms with van der Waals surface area (Å²) in [5.41, 5.74) is 1.92. The lowest BCUT2D eigenvalue weighted by atomic mass is 9.93. The second kappa shape index (κ2) is 8.26. The highest BCUT2D eigenvalue weighted by molar-refractivity contribution is 7.99. The van der Waals surface area contributed by atoms with Crippen LogP contribution in [0.3, 0.4) is 0 Å². The first-order valence-corrected chi connectivity index (χ1v) is 10.1. The molecule has 5 heteroatoms. The zero-order valence-corrected chi connectivity index (χ0v) is 17.2. The minimum atomic E-state index is -0.487. The average molecular weight is 386 g/mol. The van der Waals surface area contributed by atoms with Gasteiger partial charge in [-0.3, -0.25) is 0 Å². The molecule has 0 saturated heterocycles. The van der Waals surface area contributed by atoms with Gasteiger partial charge in [-0.2, -0.15) is 0 Å². The van der Waals surface area contributed by atoms with Crippen LogP contribution in [0, 0.1) is 6.92 Å². The predicted molar refractivity (Wildman–Crippen MR) is 109 cm³/mol. The van der Waals surface area contributed by atoms with Gasteiger partial charge in [-0.05, 0) is 63.4 Å². The van der Waals surface area contributed by atoms with Crippen LogP contribution in [0.1, 0.15) is 44.2 Å². The molecule has 27 heavy (non-hydrogen) atoms. The molecule has 0 radical (unpaired) electrons. The Morgan fingerprint density at radius 2 is 2.04 bits per heavy atom. The van der Waals surface area contributed by atoms with Crippen LogP contribution >= 0.6 is 11.8 Å². The number of amides is 1. The van der Waals surface area contributed by atoms with E-state index in [-0.39, 0.29) is 12.0 Å². The predicted octanol–water partition coefficient (Wildman–Crippen LogP) is 5.54. The van der Waals surface area contributed by atoms with E-state index in [0.717, 1.165) is 22.6 Å². The summed E-state index contributed by atoms with van der Waals surface area (Å²) in [7, 11) is 0. The first kappa shape index (κ1) is 19.6. The largest absolute Gasteiger partial charge is 0.493 e. The lowest BCUT2D eigenvalue weighted by molar-refractivity contribution is 0.0521. The normalized spacial score (nSPS) is 16.2. The summed E-state index contributed by atoms with van der Waals surface area (Å²) in [4.78, 5) is 14.3. The number of nitrogens with one attached hydrogen (secondary N) is 1. The Morgan fingerprint density at radius 1 is 1.26 bits per heavy atom. The Kier molecular flexibility index (Phi) is 6.00. The molecule has 0 bridgehead atoms. The Morgan fingerprint density at radius 3 is 2.78 bits per heavy atom. The third-order valence-corrected chi connectivity index (χ3v) is 5.53. The van der Waals surface area contributed by atoms with Crippen molar-refractivity contribution in [3.63, 3.8) is 0 Å². The number of ether oxygens (including phenoxy) is 2. The number of hydrogen-bond donors (Lipinski definition) is 1. The zero-order chi connectivity index (χ0) is 19.4. The van der Waals surface area contributed by atoms with E-state index in [9.17, 15) is 4.79 Å². The molecule has 0 aliphatic carbocycles. The quantitative estimate of drug-likeness (QED) is 0.751. The molecule has 1 aliphatic heterocycles. The van der Waals surface area contributed by atoms with Crippen LogP contribution in [-0.2, 0) is 4.74 Å². The SMILES string of the molecule is Cc1ccccc1Sc1ccc2c(c1)OCCC2CNC(=O)OC(C)(C)C. The first-order chi connectivity index (χ1) is 12.8. The van der Waals surface area contributed by atoms with Gasteiger partial charge in [0.1, 0.15) is 11.4 Å². The van der Waals surface area contributed by atoms with E-state index in [1.165, 1.54) is 10.5 Å². The van der Waals surface area contributed by atoms with Gasteiger partial charge >= 0.3 is 6.09 Å². The van der Waals surface area contributed by atoms with Gasteiger partial charge < -0.3 is 14.8 Å². The molecule has 0 aromatic heterocycles. The van der Waals surface area contributed by atoms with Gasteiger partial charge in [0.25, 0.3) is 0 Å². The molecule has 1 heterocycles. The minimum absolute atomic E-state index is 0.235. The molecule has 1 N–H and O–H groups in total. The average Bonchev–Trinajstić information content (AvgIpc) is 2.60. The number of rotatable bonds is 4. The van der Waals surface area contributed by atoms with Gasteiger partial charge in [0.2, 0.25) is 0 Å². The lowest BCUT2D eigenvalue weighted by Gasteiger charge is -2.27. The minimum Gasteiger partial charge on any atom is -0.493 e. The number of carbonyl (C=O) groups excluding carboxylic acids is 1. The van der Waals surface area contributed by atoms with Crippen molar-refractivity contribution < 1.29 is 14.3 Å². The molecule has 0 fully saturated rings. The summed E-state index contributed by atoms with van der Waals surface area (Å²) in [5.74, 6) is 1.15. The highest BCUT2D eigenvalue weighted by Crippen LogP contribution is 2.38.